The van der Waals surface area contributed by atoms with E-state index in [0.717, 1.165) is 0 Å². The molecule has 0 aromatic heterocycles. The monoisotopic (exact) mass is 203 g/mol. The maximum absolute atomic E-state index is 5.71. The van der Waals surface area contributed by atoms with Crippen molar-refractivity contribution in [3.05, 3.63) is 41.7 Å². The van der Waals surface area contributed by atoms with Crippen LogP contribution in [-0.4, -0.2) is 12.7 Å². The zero-order valence-electron chi connectivity index (χ0n) is 9.20. The van der Waals surface area contributed by atoms with E-state index in [1.165, 1.54) is 16.8 Å². The first kappa shape index (κ1) is 10.1. The minimum absolute atomic E-state index is 0.186. The third kappa shape index (κ3) is 1.70. The van der Waals surface area contributed by atoms with Crippen molar-refractivity contribution in [1.29, 1.82) is 0 Å². The Hall–Kier alpha value is -1.48. The van der Waals surface area contributed by atoms with Gasteiger partial charge in [0.25, 0.3) is 0 Å². The summed E-state index contributed by atoms with van der Waals surface area (Å²) in [5, 5.41) is 3.22. The van der Waals surface area contributed by atoms with Gasteiger partial charge in [-0.2, -0.15) is 0 Å². The number of benzene rings is 1. The molecule has 0 bridgehead atoms. The Balaban J connectivity index is 2.36. The average molecular weight is 203 g/mol. The van der Waals surface area contributed by atoms with Gasteiger partial charge < -0.3 is 16.0 Å². The lowest BCUT2D eigenvalue weighted by atomic mass is 10.1. The summed E-state index contributed by atoms with van der Waals surface area (Å²) >= 11 is 0. The van der Waals surface area contributed by atoms with E-state index in [0.29, 0.717) is 6.54 Å². The minimum atomic E-state index is 0.186. The van der Waals surface area contributed by atoms with Gasteiger partial charge in [0.15, 0.2) is 0 Å². The SMILES string of the molecule is Cc1cccc(N2C=CNC2CN)c1C. The van der Waals surface area contributed by atoms with E-state index < -0.39 is 0 Å². The number of nitrogens with two attached hydrogens (primary N) is 1. The second-order valence-electron chi connectivity index (χ2n) is 3.86. The highest BCUT2D eigenvalue weighted by Gasteiger charge is 2.19. The van der Waals surface area contributed by atoms with E-state index in [9.17, 15) is 0 Å². The zero-order chi connectivity index (χ0) is 10.8. The normalized spacial score (nSPS) is 19.4. The van der Waals surface area contributed by atoms with E-state index >= 15 is 0 Å². The molecule has 80 valence electrons. The molecular weight excluding hydrogens is 186 g/mol. The van der Waals surface area contributed by atoms with Crippen molar-refractivity contribution in [2.45, 2.75) is 20.0 Å². The largest absolute Gasteiger partial charge is 0.369 e. The molecule has 0 saturated carbocycles. The molecule has 1 aromatic rings. The second kappa shape index (κ2) is 3.95. The molecule has 0 radical (unpaired) electrons. The lowest BCUT2D eigenvalue weighted by Crippen LogP contribution is -2.41. The Morgan fingerprint density at radius 3 is 2.93 bits per heavy atom. The highest BCUT2D eigenvalue weighted by molar-refractivity contribution is 5.59. The Bertz CT molecular complexity index is 384. The van der Waals surface area contributed by atoms with Gasteiger partial charge >= 0.3 is 0 Å². The molecule has 0 fully saturated rings. The van der Waals surface area contributed by atoms with Gasteiger partial charge in [0.05, 0.1) is 0 Å². The quantitative estimate of drug-likeness (QED) is 0.764. The van der Waals surface area contributed by atoms with Crippen molar-refractivity contribution in [2.75, 3.05) is 11.4 Å². The summed E-state index contributed by atoms with van der Waals surface area (Å²) in [5.74, 6) is 0. The lowest BCUT2D eigenvalue weighted by Gasteiger charge is -2.26. The molecular formula is C12H17N3. The highest BCUT2D eigenvalue weighted by atomic mass is 15.3. The molecule has 0 saturated heterocycles. The fourth-order valence-corrected chi connectivity index (χ4v) is 1.86. The van der Waals surface area contributed by atoms with Gasteiger partial charge in [0.1, 0.15) is 6.17 Å². The molecule has 0 spiro atoms. The summed E-state index contributed by atoms with van der Waals surface area (Å²) in [6.45, 7) is 4.87. The minimum Gasteiger partial charge on any atom is -0.369 e. The second-order valence-corrected chi connectivity index (χ2v) is 3.86. The Morgan fingerprint density at radius 2 is 2.20 bits per heavy atom. The van der Waals surface area contributed by atoms with Gasteiger partial charge in [-0.05, 0) is 31.0 Å². The number of anilines is 1. The molecule has 1 aliphatic heterocycles. The predicted octanol–water partition coefficient (Wildman–Crippen LogP) is 1.47. The van der Waals surface area contributed by atoms with Crippen LogP contribution in [-0.2, 0) is 0 Å². The molecule has 1 atom stereocenters. The van der Waals surface area contributed by atoms with Crippen molar-refractivity contribution in [3.8, 4) is 0 Å². The molecule has 15 heavy (non-hydrogen) atoms. The molecule has 3 N–H and O–H groups in total. The maximum Gasteiger partial charge on any atom is 0.115 e. The van der Waals surface area contributed by atoms with Crippen LogP contribution in [0.3, 0.4) is 0 Å². The average Bonchev–Trinajstić information content (AvgIpc) is 2.70. The molecule has 3 heteroatoms. The van der Waals surface area contributed by atoms with Gasteiger partial charge in [-0.1, -0.05) is 12.1 Å². The van der Waals surface area contributed by atoms with Crippen LogP contribution in [0, 0.1) is 13.8 Å². The smallest absolute Gasteiger partial charge is 0.115 e. The standard InChI is InChI=1S/C12H17N3/c1-9-4-3-5-11(10(9)2)15-7-6-14-12(15)8-13/h3-7,12,14H,8,13H2,1-2H3. The predicted molar refractivity (Wildman–Crippen MR) is 63.5 cm³/mol. The van der Waals surface area contributed by atoms with E-state index in [1.807, 2.05) is 12.4 Å². The third-order valence-electron chi connectivity index (χ3n) is 2.94. The summed E-state index contributed by atoms with van der Waals surface area (Å²) < 4.78 is 0. The number of rotatable bonds is 2. The van der Waals surface area contributed by atoms with Crippen molar-refractivity contribution in [2.24, 2.45) is 5.73 Å². The third-order valence-corrected chi connectivity index (χ3v) is 2.94. The summed E-state index contributed by atoms with van der Waals surface area (Å²) in [7, 11) is 0. The highest BCUT2D eigenvalue weighted by Crippen LogP contribution is 2.25. The number of nitrogens with zero attached hydrogens (tertiary/aromatic N) is 1. The Labute approximate surface area is 90.6 Å². The van der Waals surface area contributed by atoms with Crippen LogP contribution in [0.25, 0.3) is 0 Å². The summed E-state index contributed by atoms with van der Waals surface area (Å²) in [4.78, 5) is 2.18. The molecule has 1 aromatic carbocycles. The van der Waals surface area contributed by atoms with Crippen LogP contribution < -0.4 is 16.0 Å². The fourth-order valence-electron chi connectivity index (χ4n) is 1.86. The van der Waals surface area contributed by atoms with Crippen LogP contribution in [0.4, 0.5) is 5.69 Å². The first-order valence-electron chi connectivity index (χ1n) is 5.21. The molecule has 2 rings (SSSR count). The molecule has 1 heterocycles. The van der Waals surface area contributed by atoms with Crippen molar-refractivity contribution >= 4 is 5.69 Å². The van der Waals surface area contributed by atoms with Crippen LogP contribution in [0.1, 0.15) is 11.1 Å². The first-order chi connectivity index (χ1) is 7.24. The fraction of sp³-hybridized carbons (Fsp3) is 0.333. The molecule has 3 nitrogen and oxygen atoms in total. The molecule has 1 aliphatic rings. The lowest BCUT2D eigenvalue weighted by molar-refractivity contribution is 0.632. The summed E-state index contributed by atoms with van der Waals surface area (Å²) in [6.07, 6.45) is 4.17. The molecule has 0 aliphatic carbocycles. The first-order valence-corrected chi connectivity index (χ1v) is 5.21. The van der Waals surface area contributed by atoms with Gasteiger partial charge in [0.2, 0.25) is 0 Å². The van der Waals surface area contributed by atoms with E-state index in [4.69, 9.17) is 5.73 Å². The van der Waals surface area contributed by atoms with Crippen LogP contribution in [0.2, 0.25) is 0 Å². The van der Waals surface area contributed by atoms with Crippen molar-refractivity contribution in [1.82, 2.24) is 5.32 Å². The Kier molecular flexibility index (Phi) is 2.64. The molecule has 1 unspecified atom stereocenters. The van der Waals surface area contributed by atoms with E-state index in [2.05, 4.69) is 42.3 Å². The summed E-state index contributed by atoms with van der Waals surface area (Å²) in [6, 6.07) is 6.34. The van der Waals surface area contributed by atoms with Crippen LogP contribution in [0.5, 0.6) is 0 Å². The van der Waals surface area contributed by atoms with Gasteiger partial charge in [-0.15, -0.1) is 0 Å². The van der Waals surface area contributed by atoms with E-state index in [1.54, 1.807) is 0 Å². The summed E-state index contributed by atoms with van der Waals surface area (Å²) in [5.41, 5.74) is 9.55. The van der Waals surface area contributed by atoms with Gasteiger partial charge in [-0.25, -0.2) is 0 Å². The van der Waals surface area contributed by atoms with Crippen molar-refractivity contribution < 1.29 is 0 Å². The number of aryl methyl sites for hydroxylation is 1. The number of hydrogen-bond acceptors (Lipinski definition) is 3. The van der Waals surface area contributed by atoms with Crippen molar-refractivity contribution in [3.63, 3.8) is 0 Å². The maximum atomic E-state index is 5.71. The van der Waals surface area contributed by atoms with Crippen LogP contribution >= 0.6 is 0 Å². The van der Waals surface area contributed by atoms with E-state index in [-0.39, 0.29) is 6.17 Å². The topological polar surface area (TPSA) is 41.3 Å². The van der Waals surface area contributed by atoms with Gasteiger partial charge in [-0.3, -0.25) is 0 Å². The Morgan fingerprint density at radius 1 is 1.40 bits per heavy atom. The number of nitrogens with one attached hydrogen (secondary N) is 1. The molecule has 0 amide bonds. The van der Waals surface area contributed by atoms with Crippen LogP contribution in [0.15, 0.2) is 30.6 Å². The number of hydrogen-bond donors (Lipinski definition) is 2. The van der Waals surface area contributed by atoms with Gasteiger partial charge in [0, 0.05) is 24.6 Å². The zero-order valence-corrected chi connectivity index (χ0v) is 9.20.